The predicted molar refractivity (Wildman–Crippen MR) is 125 cm³/mol. The zero-order chi connectivity index (χ0) is 25.1. The average molecular weight is 493 g/mol. The molecule has 2 aromatic rings. The molecule has 1 aromatic carbocycles. The first-order valence-electron chi connectivity index (χ1n) is 11.8. The lowest BCUT2D eigenvalue weighted by molar-refractivity contribution is -0.119. The minimum absolute atomic E-state index is 0.00614. The highest BCUT2D eigenvalue weighted by Crippen LogP contribution is 2.34. The Balaban J connectivity index is 1.41. The topological polar surface area (TPSA) is 109 Å². The molecule has 3 heterocycles. The molecule has 4 rings (SSSR count). The molecule has 11 nitrogen and oxygen atoms in total. The van der Waals surface area contributed by atoms with Crippen LogP contribution in [0.4, 0.5) is 30.9 Å². The first-order valence-corrected chi connectivity index (χ1v) is 11.8. The van der Waals surface area contributed by atoms with Crippen molar-refractivity contribution in [3.05, 3.63) is 23.8 Å². The molecule has 0 unspecified atom stereocenters. The van der Waals surface area contributed by atoms with Gasteiger partial charge in [-0.15, -0.1) is 5.10 Å². The third-order valence-corrected chi connectivity index (χ3v) is 6.34. The lowest BCUT2D eigenvalue weighted by atomic mass is 10.0. The van der Waals surface area contributed by atoms with Crippen LogP contribution in [-0.4, -0.2) is 77.6 Å². The van der Waals surface area contributed by atoms with E-state index in [9.17, 15) is 9.59 Å². The van der Waals surface area contributed by atoms with Crippen molar-refractivity contribution in [3.63, 3.8) is 0 Å². The zero-order valence-electron chi connectivity index (χ0n) is 20.1. The molecule has 35 heavy (non-hydrogen) atoms. The summed E-state index contributed by atoms with van der Waals surface area (Å²) in [6, 6.07) is 2.28. The highest BCUT2D eigenvalue weighted by atomic mass is 19.1. The van der Waals surface area contributed by atoms with Gasteiger partial charge >= 0.3 is 6.09 Å². The van der Waals surface area contributed by atoms with Crippen LogP contribution in [0.15, 0.2) is 12.1 Å². The molecule has 1 atom stereocenters. The molecule has 190 valence electrons. The van der Waals surface area contributed by atoms with Gasteiger partial charge in [0.25, 0.3) is 5.95 Å². The number of nitrogens with zero attached hydrogens (tertiary/aromatic N) is 7. The van der Waals surface area contributed by atoms with Gasteiger partial charge in [0.15, 0.2) is 11.6 Å². The standard InChI is InChI=1S/C22H30F2N8O3/c1-4-29(5-2)21-26-28-32(27-21)15-6-8-30(9-7-15)20-18(23)10-16(11-19(20)24)31-13-17(35-22(31)34)12-25-14(3)33/h10-11,15,17H,4-9,12-13H2,1-3H3,(H,25,33)/t17-/m0/s1. The number of aromatic nitrogens is 4. The fraction of sp³-hybridized carbons (Fsp3) is 0.591. The van der Waals surface area contributed by atoms with Crippen molar-refractivity contribution in [2.45, 2.75) is 45.8 Å². The van der Waals surface area contributed by atoms with Crippen LogP contribution in [0.3, 0.4) is 0 Å². The van der Waals surface area contributed by atoms with E-state index < -0.39 is 23.8 Å². The van der Waals surface area contributed by atoms with Gasteiger partial charge in [-0.1, -0.05) is 5.10 Å². The number of benzene rings is 1. The molecule has 0 saturated carbocycles. The normalized spacial score (nSPS) is 18.7. The van der Waals surface area contributed by atoms with E-state index in [1.165, 1.54) is 11.8 Å². The van der Waals surface area contributed by atoms with E-state index in [1.54, 1.807) is 9.70 Å². The Bertz CT molecular complexity index is 1050. The summed E-state index contributed by atoms with van der Waals surface area (Å²) in [6.45, 7) is 8.01. The number of anilines is 3. The lowest BCUT2D eigenvalue weighted by Gasteiger charge is -2.33. The first-order chi connectivity index (χ1) is 16.8. The molecule has 1 N–H and O–H groups in total. The Morgan fingerprint density at radius 2 is 1.86 bits per heavy atom. The Labute approximate surface area is 202 Å². The Morgan fingerprint density at radius 3 is 2.46 bits per heavy atom. The van der Waals surface area contributed by atoms with Crippen LogP contribution in [0.1, 0.15) is 39.7 Å². The van der Waals surface area contributed by atoms with Gasteiger partial charge in [0.05, 0.1) is 24.8 Å². The molecule has 2 saturated heterocycles. The largest absolute Gasteiger partial charge is 0.442 e. The summed E-state index contributed by atoms with van der Waals surface area (Å²) >= 11 is 0. The summed E-state index contributed by atoms with van der Waals surface area (Å²) in [5.74, 6) is -1.18. The second-order valence-corrected chi connectivity index (χ2v) is 8.61. The maximum absolute atomic E-state index is 15.1. The van der Waals surface area contributed by atoms with Gasteiger partial charge in [-0.3, -0.25) is 9.69 Å². The number of nitrogens with one attached hydrogen (secondary N) is 1. The molecule has 0 bridgehead atoms. The van der Waals surface area contributed by atoms with Crippen LogP contribution >= 0.6 is 0 Å². The number of halogens is 2. The Morgan fingerprint density at radius 1 is 1.20 bits per heavy atom. The van der Waals surface area contributed by atoms with Gasteiger partial charge in [0, 0.05) is 45.2 Å². The second kappa shape index (κ2) is 10.4. The molecule has 2 aliphatic heterocycles. The third-order valence-electron chi connectivity index (χ3n) is 6.34. The molecule has 0 radical (unpaired) electrons. The zero-order valence-corrected chi connectivity index (χ0v) is 20.1. The summed E-state index contributed by atoms with van der Waals surface area (Å²) in [6.07, 6.45) is -0.0865. The molecule has 2 amide bonds. The molecule has 2 aliphatic rings. The van der Waals surface area contributed by atoms with E-state index in [-0.39, 0.29) is 36.4 Å². The number of amides is 2. The van der Waals surface area contributed by atoms with Crippen LogP contribution in [-0.2, 0) is 9.53 Å². The second-order valence-electron chi connectivity index (χ2n) is 8.61. The molecule has 1 aromatic heterocycles. The maximum atomic E-state index is 15.1. The van der Waals surface area contributed by atoms with E-state index in [0.29, 0.717) is 31.9 Å². The minimum Gasteiger partial charge on any atom is -0.442 e. The highest BCUT2D eigenvalue weighted by Gasteiger charge is 2.34. The summed E-state index contributed by atoms with van der Waals surface area (Å²) in [5.41, 5.74) is -0.0466. The quantitative estimate of drug-likeness (QED) is 0.597. The third kappa shape index (κ3) is 5.28. The number of carbonyl (C=O) groups excluding carboxylic acids is 2. The van der Waals surface area contributed by atoms with Crippen LogP contribution < -0.4 is 20.0 Å². The fourth-order valence-electron chi connectivity index (χ4n) is 4.43. The fourth-order valence-corrected chi connectivity index (χ4v) is 4.43. The predicted octanol–water partition coefficient (Wildman–Crippen LogP) is 2.10. The molecular formula is C22H30F2N8O3. The van der Waals surface area contributed by atoms with Crippen molar-refractivity contribution < 1.29 is 23.1 Å². The van der Waals surface area contributed by atoms with Gasteiger partial charge < -0.3 is 19.9 Å². The van der Waals surface area contributed by atoms with Crippen molar-refractivity contribution >= 4 is 29.3 Å². The summed E-state index contributed by atoms with van der Waals surface area (Å²) in [4.78, 5) is 29.7. The Kier molecular flexibility index (Phi) is 7.31. The van der Waals surface area contributed by atoms with Crippen LogP contribution in [0.2, 0.25) is 0 Å². The number of cyclic esters (lactones) is 1. The number of hydrogen-bond acceptors (Lipinski definition) is 8. The monoisotopic (exact) mass is 492 g/mol. The van der Waals surface area contributed by atoms with Gasteiger partial charge in [-0.05, 0) is 31.9 Å². The summed E-state index contributed by atoms with van der Waals surface area (Å²) < 4.78 is 35.3. The van der Waals surface area contributed by atoms with E-state index >= 15 is 8.78 Å². The molecule has 13 heteroatoms. The van der Waals surface area contributed by atoms with Crippen molar-refractivity contribution in [3.8, 4) is 0 Å². The Hall–Kier alpha value is -3.51. The van der Waals surface area contributed by atoms with Crippen LogP contribution in [0.25, 0.3) is 0 Å². The number of carbonyl (C=O) groups is 2. The van der Waals surface area contributed by atoms with Gasteiger partial charge in [0.2, 0.25) is 5.91 Å². The molecular weight excluding hydrogens is 462 g/mol. The average Bonchev–Trinajstić information content (AvgIpc) is 3.46. The van der Waals surface area contributed by atoms with E-state index in [4.69, 9.17) is 4.74 Å². The molecule has 2 fully saturated rings. The van der Waals surface area contributed by atoms with Gasteiger partial charge in [-0.25, -0.2) is 13.6 Å². The van der Waals surface area contributed by atoms with Crippen molar-refractivity contribution in [1.29, 1.82) is 0 Å². The summed E-state index contributed by atoms with van der Waals surface area (Å²) in [7, 11) is 0. The van der Waals surface area contributed by atoms with Gasteiger partial charge in [-0.2, -0.15) is 4.80 Å². The van der Waals surface area contributed by atoms with Crippen molar-refractivity contribution in [1.82, 2.24) is 25.5 Å². The SMILES string of the molecule is CCN(CC)c1nnn(C2CCN(c3c(F)cc(N4C[C@H](CNC(C)=O)OC4=O)cc3F)CC2)n1. The van der Waals surface area contributed by atoms with E-state index in [2.05, 4.69) is 20.7 Å². The molecule has 0 aliphatic carbocycles. The highest BCUT2D eigenvalue weighted by molar-refractivity contribution is 5.90. The van der Waals surface area contributed by atoms with Crippen molar-refractivity contribution in [2.75, 3.05) is 54.0 Å². The minimum atomic E-state index is -0.751. The van der Waals surface area contributed by atoms with E-state index in [0.717, 1.165) is 25.2 Å². The number of ether oxygens (including phenoxy) is 1. The summed E-state index contributed by atoms with van der Waals surface area (Å²) in [5, 5.41) is 15.4. The smallest absolute Gasteiger partial charge is 0.414 e. The lowest BCUT2D eigenvalue weighted by Crippen LogP contribution is -2.36. The number of hydrogen-bond donors (Lipinski definition) is 1. The van der Waals surface area contributed by atoms with Gasteiger partial charge in [0.1, 0.15) is 11.8 Å². The van der Waals surface area contributed by atoms with Crippen molar-refractivity contribution in [2.24, 2.45) is 0 Å². The number of rotatable bonds is 8. The number of piperidine rings is 1. The van der Waals surface area contributed by atoms with Crippen LogP contribution in [0.5, 0.6) is 0 Å². The maximum Gasteiger partial charge on any atom is 0.414 e. The van der Waals surface area contributed by atoms with E-state index in [1.807, 2.05) is 18.7 Å². The molecule has 0 spiro atoms. The first kappa shape index (κ1) is 24.6. The number of tetrazole rings is 1. The van der Waals surface area contributed by atoms with Crippen LogP contribution in [0, 0.1) is 11.6 Å².